The highest BCUT2D eigenvalue weighted by Crippen LogP contribution is 2.24. The summed E-state index contributed by atoms with van der Waals surface area (Å²) in [7, 11) is 0. The van der Waals surface area contributed by atoms with Crippen molar-refractivity contribution >= 4 is 23.6 Å². The molecule has 132 valence electrons. The smallest absolute Gasteiger partial charge is 0.264 e. The normalized spacial score (nSPS) is 19.0. The quantitative estimate of drug-likeness (QED) is 0.907. The first-order valence-electron chi connectivity index (χ1n) is 8.11. The number of aryl methyl sites for hydroxylation is 1. The maximum Gasteiger partial charge on any atom is 0.264 e. The van der Waals surface area contributed by atoms with E-state index in [4.69, 9.17) is 4.74 Å². The molecule has 1 aromatic carbocycles. The maximum atomic E-state index is 12.7. The summed E-state index contributed by atoms with van der Waals surface area (Å²) in [6.07, 6.45) is -0.629. The minimum atomic E-state index is -0.629. The molecule has 1 fully saturated rings. The van der Waals surface area contributed by atoms with Gasteiger partial charge in [0.25, 0.3) is 5.91 Å². The van der Waals surface area contributed by atoms with Crippen molar-refractivity contribution in [2.24, 2.45) is 0 Å². The molecule has 0 spiro atoms. The molecular weight excluding hydrogens is 324 g/mol. The summed E-state index contributed by atoms with van der Waals surface area (Å²) in [6, 6.07) is 7.16. The van der Waals surface area contributed by atoms with Gasteiger partial charge >= 0.3 is 0 Å². The van der Waals surface area contributed by atoms with Crippen LogP contribution in [0.2, 0.25) is 0 Å². The largest absolute Gasteiger partial charge is 0.481 e. The van der Waals surface area contributed by atoms with Crippen LogP contribution in [-0.2, 0) is 9.59 Å². The molecule has 0 aliphatic carbocycles. The van der Waals surface area contributed by atoms with Crippen LogP contribution in [0.3, 0.4) is 0 Å². The third-order valence-corrected chi connectivity index (χ3v) is 4.63. The Kier molecular flexibility index (Phi) is 5.80. The van der Waals surface area contributed by atoms with Crippen LogP contribution < -0.4 is 10.1 Å². The number of thioether (sulfide) groups is 1. The Balaban J connectivity index is 2.03. The zero-order valence-corrected chi connectivity index (χ0v) is 15.8. The lowest BCUT2D eigenvalue weighted by molar-refractivity contribution is -0.143. The van der Waals surface area contributed by atoms with Crippen molar-refractivity contribution in [1.82, 2.24) is 10.2 Å². The van der Waals surface area contributed by atoms with Gasteiger partial charge in [-0.25, -0.2) is 0 Å². The van der Waals surface area contributed by atoms with Gasteiger partial charge in [-0.2, -0.15) is 0 Å². The number of hydrogen-bond donors (Lipinski definition) is 1. The average Bonchev–Trinajstić information content (AvgIpc) is 2.94. The highest BCUT2D eigenvalue weighted by Gasteiger charge is 2.38. The highest BCUT2D eigenvalue weighted by molar-refractivity contribution is 7.99. The molecular formula is C18H26N2O3S. The van der Waals surface area contributed by atoms with Crippen molar-refractivity contribution in [3.8, 4) is 5.75 Å². The molecule has 2 rings (SSSR count). The third kappa shape index (κ3) is 4.90. The summed E-state index contributed by atoms with van der Waals surface area (Å²) < 4.78 is 5.77. The molecule has 1 heterocycles. The molecule has 1 aliphatic rings. The standard InChI is InChI=1S/C18H26N2O3S/c1-12-7-6-8-14(9-12)23-13(2)17(22)20-11-24-10-15(20)16(21)19-18(3,4)5/h6-9,13,15H,10-11H2,1-5H3,(H,19,21). The topological polar surface area (TPSA) is 58.6 Å². The first-order valence-corrected chi connectivity index (χ1v) is 9.26. The second-order valence-corrected chi connectivity index (χ2v) is 8.14. The van der Waals surface area contributed by atoms with E-state index in [1.54, 1.807) is 23.6 Å². The van der Waals surface area contributed by atoms with E-state index in [1.807, 2.05) is 52.0 Å². The fourth-order valence-corrected chi connectivity index (χ4v) is 3.67. The summed E-state index contributed by atoms with van der Waals surface area (Å²) in [6.45, 7) is 9.50. The molecule has 1 aromatic rings. The number of carbonyl (C=O) groups is 2. The van der Waals surface area contributed by atoms with Gasteiger partial charge in [-0.15, -0.1) is 11.8 Å². The van der Waals surface area contributed by atoms with Crippen LogP contribution >= 0.6 is 11.8 Å². The number of hydrogen-bond acceptors (Lipinski definition) is 4. The van der Waals surface area contributed by atoms with Crippen molar-refractivity contribution < 1.29 is 14.3 Å². The van der Waals surface area contributed by atoms with E-state index < -0.39 is 12.1 Å². The second-order valence-electron chi connectivity index (χ2n) is 7.14. The van der Waals surface area contributed by atoms with Crippen molar-refractivity contribution in [1.29, 1.82) is 0 Å². The Bertz CT molecular complexity index is 613. The zero-order valence-electron chi connectivity index (χ0n) is 15.0. The molecule has 0 aromatic heterocycles. The van der Waals surface area contributed by atoms with Crippen molar-refractivity contribution in [2.45, 2.75) is 52.3 Å². The summed E-state index contributed by atoms with van der Waals surface area (Å²) in [4.78, 5) is 26.8. The fraction of sp³-hybridized carbons (Fsp3) is 0.556. The molecule has 0 saturated carbocycles. The monoisotopic (exact) mass is 350 g/mol. The lowest BCUT2D eigenvalue weighted by atomic mass is 10.1. The Morgan fingerprint density at radius 3 is 2.71 bits per heavy atom. The number of nitrogens with one attached hydrogen (secondary N) is 1. The predicted octanol–water partition coefficient (Wildman–Crippen LogP) is 2.58. The molecule has 1 N–H and O–H groups in total. The zero-order chi connectivity index (χ0) is 17.9. The maximum absolute atomic E-state index is 12.7. The number of amides is 2. The van der Waals surface area contributed by atoms with Gasteiger partial charge in [-0.3, -0.25) is 9.59 Å². The average molecular weight is 350 g/mol. The summed E-state index contributed by atoms with van der Waals surface area (Å²) in [5.74, 6) is 1.53. The van der Waals surface area contributed by atoms with Crippen LogP contribution in [-0.4, -0.2) is 46.0 Å². The van der Waals surface area contributed by atoms with Crippen LogP contribution in [0, 0.1) is 6.92 Å². The SMILES string of the molecule is Cc1cccc(OC(C)C(=O)N2CSCC2C(=O)NC(C)(C)C)c1. The van der Waals surface area contributed by atoms with Gasteiger partial charge in [-0.1, -0.05) is 12.1 Å². The van der Waals surface area contributed by atoms with Crippen LogP contribution in [0.4, 0.5) is 0 Å². The lowest BCUT2D eigenvalue weighted by Gasteiger charge is -2.29. The van der Waals surface area contributed by atoms with E-state index in [9.17, 15) is 9.59 Å². The van der Waals surface area contributed by atoms with Gasteiger partial charge < -0.3 is 15.0 Å². The van der Waals surface area contributed by atoms with E-state index in [2.05, 4.69) is 5.32 Å². The second kappa shape index (κ2) is 7.47. The Labute approximate surface area is 148 Å². The first-order chi connectivity index (χ1) is 11.2. The van der Waals surface area contributed by atoms with E-state index >= 15 is 0 Å². The Hall–Kier alpha value is -1.69. The van der Waals surface area contributed by atoms with Gasteiger partial charge in [0.15, 0.2) is 6.10 Å². The van der Waals surface area contributed by atoms with Gasteiger partial charge in [0.05, 0.1) is 5.88 Å². The van der Waals surface area contributed by atoms with E-state index in [-0.39, 0.29) is 17.4 Å². The molecule has 24 heavy (non-hydrogen) atoms. The van der Waals surface area contributed by atoms with Crippen LogP contribution in [0.15, 0.2) is 24.3 Å². The number of rotatable bonds is 4. The molecule has 5 nitrogen and oxygen atoms in total. The van der Waals surface area contributed by atoms with Crippen molar-refractivity contribution in [3.05, 3.63) is 29.8 Å². The summed E-state index contributed by atoms with van der Waals surface area (Å²) in [5, 5.41) is 2.96. The van der Waals surface area contributed by atoms with E-state index in [1.165, 1.54) is 0 Å². The first kappa shape index (κ1) is 18.6. The fourth-order valence-electron chi connectivity index (χ4n) is 2.51. The molecule has 2 unspecified atom stereocenters. The molecule has 1 saturated heterocycles. The predicted molar refractivity (Wildman–Crippen MR) is 97.1 cm³/mol. The van der Waals surface area contributed by atoms with E-state index in [0.29, 0.717) is 17.4 Å². The Morgan fingerprint density at radius 1 is 1.38 bits per heavy atom. The van der Waals surface area contributed by atoms with Gasteiger partial charge in [0.2, 0.25) is 5.91 Å². The van der Waals surface area contributed by atoms with Crippen molar-refractivity contribution in [2.75, 3.05) is 11.6 Å². The minimum absolute atomic E-state index is 0.108. The van der Waals surface area contributed by atoms with Crippen LogP contribution in [0.5, 0.6) is 5.75 Å². The molecule has 2 atom stereocenters. The minimum Gasteiger partial charge on any atom is -0.481 e. The lowest BCUT2D eigenvalue weighted by Crippen LogP contribution is -2.54. The van der Waals surface area contributed by atoms with Crippen LogP contribution in [0.1, 0.15) is 33.3 Å². The number of ether oxygens (including phenoxy) is 1. The highest BCUT2D eigenvalue weighted by atomic mass is 32.2. The van der Waals surface area contributed by atoms with Gasteiger partial charge in [-0.05, 0) is 52.3 Å². The molecule has 0 radical (unpaired) electrons. The van der Waals surface area contributed by atoms with Gasteiger partial charge in [0.1, 0.15) is 11.8 Å². The molecule has 2 amide bonds. The molecule has 6 heteroatoms. The molecule has 0 bridgehead atoms. The number of benzene rings is 1. The van der Waals surface area contributed by atoms with Gasteiger partial charge in [0, 0.05) is 11.3 Å². The molecule has 1 aliphatic heterocycles. The number of carbonyl (C=O) groups excluding carboxylic acids is 2. The summed E-state index contributed by atoms with van der Waals surface area (Å²) >= 11 is 1.59. The summed E-state index contributed by atoms with van der Waals surface area (Å²) in [5.41, 5.74) is 0.759. The van der Waals surface area contributed by atoms with Crippen molar-refractivity contribution in [3.63, 3.8) is 0 Å². The number of nitrogens with zero attached hydrogens (tertiary/aromatic N) is 1. The van der Waals surface area contributed by atoms with Crippen LogP contribution in [0.25, 0.3) is 0 Å². The Morgan fingerprint density at radius 2 is 2.08 bits per heavy atom. The third-order valence-electron chi connectivity index (χ3n) is 3.62. The van der Waals surface area contributed by atoms with E-state index in [0.717, 1.165) is 5.56 Å².